The molecule has 0 aliphatic carbocycles. The van der Waals surface area contributed by atoms with Crippen LogP contribution in [0.3, 0.4) is 0 Å². The summed E-state index contributed by atoms with van der Waals surface area (Å²) in [7, 11) is 0. The highest BCUT2D eigenvalue weighted by molar-refractivity contribution is 5.84. The third-order valence-electron chi connectivity index (χ3n) is 4.56. The lowest BCUT2D eigenvalue weighted by Crippen LogP contribution is -2.67. The first-order valence-corrected chi connectivity index (χ1v) is 8.78. The van der Waals surface area contributed by atoms with Crippen LogP contribution >= 0.6 is 0 Å². The molecule has 1 aliphatic heterocycles. The van der Waals surface area contributed by atoms with E-state index in [1.807, 2.05) is 0 Å². The van der Waals surface area contributed by atoms with Crippen molar-refractivity contribution in [1.29, 1.82) is 0 Å². The van der Waals surface area contributed by atoms with Crippen LogP contribution in [0.5, 0.6) is 0 Å². The van der Waals surface area contributed by atoms with Crippen LogP contribution in [-0.4, -0.2) is 92.2 Å². The van der Waals surface area contributed by atoms with Crippen LogP contribution in [0.4, 0.5) is 61.5 Å². The topological polar surface area (TPSA) is 41.6 Å². The zero-order chi connectivity index (χ0) is 26.1. The number of nitrogens with one attached hydrogen (secondary N) is 1. The van der Waals surface area contributed by atoms with Crippen molar-refractivity contribution in [3.8, 4) is 0 Å². The lowest BCUT2D eigenvalue weighted by atomic mass is 9.92. The van der Waals surface area contributed by atoms with Gasteiger partial charge in [-0.25, -0.2) is 8.78 Å². The van der Waals surface area contributed by atoms with Gasteiger partial charge in [0.1, 0.15) is 0 Å². The average Bonchev–Trinajstić information content (AvgIpc) is 2.67. The second-order valence-electron chi connectivity index (χ2n) is 6.94. The molecule has 0 bridgehead atoms. The lowest BCUT2D eigenvalue weighted by Gasteiger charge is -2.38. The molecule has 1 amide bonds. The smallest absolute Gasteiger partial charge is 0.379 e. The van der Waals surface area contributed by atoms with Crippen LogP contribution in [0.1, 0.15) is 6.42 Å². The van der Waals surface area contributed by atoms with Crippen molar-refractivity contribution in [1.82, 2.24) is 10.2 Å². The number of hydrogen-bond acceptors (Lipinski definition) is 3. The van der Waals surface area contributed by atoms with E-state index in [0.717, 1.165) is 5.32 Å². The molecule has 33 heavy (non-hydrogen) atoms. The van der Waals surface area contributed by atoms with E-state index in [2.05, 4.69) is 0 Å². The van der Waals surface area contributed by atoms with Crippen LogP contribution in [0, 0.1) is 0 Å². The van der Waals surface area contributed by atoms with Gasteiger partial charge in [0, 0.05) is 26.2 Å². The van der Waals surface area contributed by atoms with Gasteiger partial charge >= 0.3 is 42.0 Å². The number of morpholine rings is 1. The van der Waals surface area contributed by atoms with E-state index >= 15 is 0 Å². The molecule has 0 radical (unpaired) electrons. The van der Waals surface area contributed by atoms with Crippen LogP contribution in [0.2, 0.25) is 0 Å². The van der Waals surface area contributed by atoms with Gasteiger partial charge in [-0.2, -0.15) is 52.7 Å². The van der Waals surface area contributed by atoms with E-state index < -0.39 is 60.8 Å². The van der Waals surface area contributed by atoms with Gasteiger partial charge in [-0.05, 0) is 0 Å². The maximum atomic E-state index is 13.7. The van der Waals surface area contributed by atoms with Gasteiger partial charge in [-0.3, -0.25) is 9.69 Å². The van der Waals surface area contributed by atoms with Gasteiger partial charge in [-0.15, -0.1) is 0 Å². The predicted octanol–water partition coefficient (Wildman–Crippen LogP) is 3.90. The number of halogens is 14. The Balaban J connectivity index is 3.03. The van der Waals surface area contributed by atoms with Crippen LogP contribution in [0.15, 0.2) is 0 Å². The molecule has 0 saturated carbocycles. The van der Waals surface area contributed by atoms with E-state index in [-0.39, 0.29) is 32.8 Å². The van der Waals surface area contributed by atoms with E-state index in [1.54, 1.807) is 0 Å². The van der Waals surface area contributed by atoms with Crippen molar-refractivity contribution in [3.05, 3.63) is 0 Å². The third-order valence-corrected chi connectivity index (χ3v) is 4.56. The zero-order valence-corrected chi connectivity index (χ0v) is 16.1. The highest BCUT2D eigenvalue weighted by atomic mass is 19.4. The second-order valence-corrected chi connectivity index (χ2v) is 6.94. The third kappa shape index (κ3) is 5.57. The van der Waals surface area contributed by atoms with Crippen LogP contribution < -0.4 is 5.32 Å². The summed E-state index contributed by atoms with van der Waals surface area (Å²) in [6.07, 6.45) is -9.75. The molecule has 1 saturated heterocycles. The van der Waals surface area contributed by atoms with Crippen molar-refractivity contribution in [3.63, 3.8) is 0 Å². The number of amides is 1. The summed E-state index contributed by atoms with van der Waals surface area (Å²) in [5, 5.41) is 1.09. The fourth-order valence-electron chi connectivity index (χ4n) is 2.50. The number of carbonyl (C=O) groups is 1. The van der Waals surface area contributed by atoms with Gasteiger partial charge in [0.05, 0.1) is 19.6 Å². The summed E-state index contributed by atoms with van der Waals surface area (Å²) in [4.78, 5) is 12.8. The number of nitrogens with zero attached hydrogens (tertiary/aromatic N) is 1. The second kappa shape index (κ2) is 9.58. The molecule has 0 spiro atoms. The molecule has 0 aromatic carbocycles. The van der Waals surface area contributed by atoms with Crippen LogP contribution in [-0.2, 0) is 9.53 Å². The van der Waals surface area contributed by atoms with E-state index in [9.17, 15) is 66.3 Å². The number of alkyl halides is 14. The molecule has 0 aromatic rings. The lowest BCUT2D eigenvalue weighted by molar-refractivity contribution is -0.374. The summed E-state index contributed by atoms with van der Waals surface area (Å²) in [5.41, 5.74) is 0. The first kappa shape index (κ1) is 29.4. The SMILES string of the molecule is O=C(NCCN1CCOCC1)C(F)(F)C(F)(F)C(F)(F)C(F)(F)CC(F)(F)C(F)(F)C(F)F. The Morgan fingerprint density at radius 1 is 0.818 bits per heavy atom. The normalized spacial score (nSPS) is 18.0. The van der Waals surface area contributed by atoms with Crippen molar-refractivity contribution in [2.75, 3.05) is 39.4 Å². The number of rotatable bonds is 11. The zero-order valence-electron chi connectivity index (χ0n) is 16.1. The molecule has 196 valence electrons. The highest BCUT2D eigenvalue weighted by Crippen LogP contribution is 2.56. The average molecular weight is 522 g/mol. The Labute approximate surface area is 176 Å². The minimum Gasteiger partial charge on any atom is -0.379 e. The molecular formula is C15H16F14N2O2. The minimum atomic E-state index is -7.55. The molecule has 1 fully saturated rings. The summed E-state index contributed by atoms with van der Waals surface area (Å²) in [6.45, 7) is -0.352. The molecule has 18 heteroatoms. The maximum Gasteiger partial charge on any atom is 0.392 e. The number of hydrogen-bond donors (Lipinski definition) is 1. The Morgan fingerprint density at radius 2 is 1.30 bits per heavy atom. The molecule has 4 nitrogen and oxygen atoms in total. The summed E-state index contributed by atoms with van der Waals surface area (Å²) < 4.78 is 190. The van der Waals surface area contributed by atoms with Gasteiger partial charge in [-0.1, -0.05) is 0 Å². The summed E-state index contributed by atoms with van der Waals surface area (Å²) >= 11 is 0. The maximum absolute atomic E-state index is 13.7. The molecule has 1 heterocycles. The molecule has 0 aromatic heterocycles. The molecule has 0 atom stereocenters. The van der Waals surface area contributed by atoms with Crippen LogP contribution in [0.25, 0.3) is 0 Å². The fourth-order valence-corrected chi connectivity index (χ4v) is 2.50. The first-order chi connectivity index (χ1) is 14.6. The Bertz CT molecular complexity index is 680. The Kier molecular flexibility index (Phi) is 8.54. The number of ether oxygens (including phenoxy) is 1. The van der Waals surface area contributed by atoms with E-state index in [0.29, 0.717) is 0 Å². The highest BCUT2D eigenvalue weighted by Gasteiger charge is 2.84. The first-order valence-electron chi connectivity index (χ1n) is 8.78. The minimum absolute atomic E-state index is 0.179. The molecule has 1 N–H and O–H groups in total. The standard InChI is InChI=1S/C15H16F14N2O2/c16-8(17)12(22,23)10(18,19)7-11(20,21)14(26,27)15(28,29)13(24,25)9(32)30-1-2-31-3-5-33-6-4-31/h8H,1-7H2,(H,30,32). The fraction of sp³-hybridized carbons (Fsp3) is 0.933. The Hall–Kier alpha value is -1.59. The monoisotopic (exact) mass is 522 g/mol. The van der Waals surface area contributed by atoms with Crippen molar-refractivity contribution >= 4 is 5.91 Å². The predicted molar refractivity (Wildman–Crippen MR) is 80.6 cm³/mol. The van der Waals surface area contributed by atoms with Crippen molar-refractivity contribution < 1.29 is 71.0 Å². The quantitative estimate of drug-likeness (QED) is 0.419. The van der Waals surface area contributed by atoms with E-state index in [4.69, 9.17) is 4.74 Å². The Morgan fingerprint density at radius 3 is 1.76 bits per heavy atom. The van der Waals surface area contributed by atoms with Gasteiger partial charge in [0.2, 0.25) is 0 Å². The van der Waals surface area contributed by atoms with Gasteiger partial charge in [0.15, 0.2) is 0 Å². The van der Waals surface area contributed by atoms with E-state index in [1.165, 1.54) is 4.90 Å². The molecule has 0 unspecified atom stereocenters. The summed E-state index contributed by atoms with van der Waals surface area (Å²) in [5.74, 6) is -45.3. The van der Waals surface area contributed by atoms with Crippen molar-refractivity contribution in [2.24, 2.45) is 0 Å². The van der Waals surface area contributed by atoms with Gasteiger partial charge in [0.25, 0.3) is 5.91 Å². The molecule has 1 rings (SSSR count). The van der Waals surface area contributed by atoms with Crippen molar-refractivity contribution in [2.45, 2.75) is 48.4 Å². The van der Waals surface area contributed by atoms with Gasteiger partial charge < -0.3 is 10.1 Å². The molecule has 1 aliphatic rings. The molecular weight excluding hydrogens is 506 g/mol. The number of carbonyl (C=O) groups excluding carboxylic acids is 1. The largest absolute Gasteiger partial charge is 0.392 e. The summed E-state index contributed by atoms with van der Waals surface area (Å²) in [6, 6.07) is 0.